The van der Waals surface area contributed by atoms with E-state index in [-0.39, 0.29) is 18.7 Å². The number of fused-ring (bicyclic) bond motifs is 1. The van der Waals surface area contributed by atoms with E-state index in [9.17, 15) is 9.90 Å². The minimum Gasteiger partial charge on any atom is -0.389 e. The first-order chi connectivity index (χ1) is 11.2. The molecule has 0 saturated heterocycles. The summed E-state index contributed by atoms with van der Waals surface area (Å²) in [5.74, 6) is 0. The lowest BCUT2D eigenvalue weighted by molar-refractivity contribution is 0.0198. The molecule has 0 aliphatic heterocycles. The van der Waals surface area contributed by atoms with Crippen molar-refractivity contribution in [3.05, 3.63) is 71.0 Å². The van der Waals surface area contributed by atoms with Crippen molar-refractivity contribution in [2.24, 2.45) is 0 Å². The van der Waals surface area contributed by atoms with Gasteiger partial charge in [0.25, 0.3) is 5.56 Å². The molecule has 0 fully saturated rings. The van der Waals surface area contributed by atoms with Crippen LogP contribution in [0.4, 0.5) is 0 Å². The van der Waals surface area contributed by atoms with Crippen LogP contribution in [0, 0.1) is 0 Å². The second kappa shape index (κ2) is 7.13. The fourth-order valence-corrected chi connectivity index (χ4v) is 2.31. The SMILES string of the molecule is O=c1c2ccncc2ncn1C[C@@H](O)COCc1ccccc1. The monoisotopic (exact) mass is 311 g/mol. The van der Waals surface area contributed by atoms with Crippen LogP contribution in [0.5, 0.6) is 0 Å². The molecule has 2 heterocycles. The van der Waals surface area contributed by atoms with Gasteiger partial charge in [-0.05, 0) is 11.6 Å². The van der Waals surface area contributed by atoms with Gasteiger partial charge in [0.15, 0.2) is 0 Å². The summed E-state index contributed by atoms with van der Waals surface area (Å²) in [6.45, 7) is 0.711. The standard InChI is InChI=1S/C17H17N3O3/c21-14(11-23-10-13-4-2-1-3-5-13)9-20-12-19-16-8-18-7-6-15(16)17(20)22/h1-8,12,14,21H,9-11H2/t14-/m1/s1. The average Bonchev–Trinajstić information content (AvgIpc) is 2.59. The summed E-state index contributed by atoms with van der Waals surface area (Å²) in [4.78, 5) is 20.4. The lowest BCUT2D eigenvalue weighted by Crippen LogP contribution is -2.29. The van der Waals surface area contributed by atoms with E-state index in [1.807, 2.05) is 30.3 Å². The number of ether oxygens (including phenoxy) is 1. The molecule has 0 bridgehead atoms. The molecule has 23 heavy (non-hydrogen) atoms. The zero-order valence-corrected chi connectivity index (χ0v) is 12.5. The molecule has 1 N–H and O–H groups in total. The molecule has 1 atom stereocenters. The highest BCUT2D eigenvalue weighted by Crippen LogP contribution is 2.04. The second-order valence-electron chi connectivity index (χ2n) is 5.25. The van der Waals surface area contributed by atoms with Gasteiger partial charge in [-0.15, -0.1) is 0 Å². The first-order valence-electron chi connectivity index (χ1n) is 7.33. The molecule has 0 saturated carbocycles. The zero-order chi connectivity index (χ0) is 16.1. The number of nitrogens with zero attached hydrogens (tertiary/aromatic N) is 3. The lowest BCUT2D eigenvalue weighted by Gasteiger charge is -2.13. The normalized spacial score (nSPS) is 12.4. The van der Waals surface area contributed by atoms with Gasteiger partial charge < -0.3 is 9.84 Å². The second-order valence-corrected chi connectivity index (χ2v) is 5.25. The molecule has 0 unspecified atom stereocenters. The zero-order valence-electron chi connectivity index (χ0n) is 12.5. The van der Waals surface area contributed by atoms with E-state index in [1.54, 1.807) is 18.5 Å². The number of rotatable bonds is 6. The van der Waals surface area contributed by atoms with Crippen molar-refractivity contribution in [3.8, 4) is 0 Å². The Balaban J connectivity index is 1.60. The van der Waals surface area contributed by atoms with E-state index < -0.39 is 6.10 Å². The van der Waals surface area contributed by atoms with Gasteiger partial charge in [0.2, 0.25) is 0 Å². The van der Waals surface area contributed by atoms with Crippen molar-refractivity contribution < 1.29 is 9.84 Å². The van der Waals surface area contributed by atoms with Crippen LogP contribution in [0.2, 0.25) is 0 Å². The molecule has 0 radical (unpaired) electrons. The van der Waals surface area contributed by atoms with E-state index in [4.69, 9.17) is 4.74 Å². The predicted molar refractivity (Wildman–Crippen MR) is 85.9 cm³/mol. The molecule has 118 valence electrons. The third-order valence-corrected chi connectivity index (χ3v) is 3.46. The number of aromatic nitrogens is 3. The van der Waals surface area contributed by atoms with Crippen LogP contribution < -0.4 is 5.56 Å². The van der Waals surface area contributed by atoms with Crippen molar-refractivity contribution in [2.45, 2.75) is 19.3 Å². The van der Waals surface area contributed by atoms with Gasteiger partial charge in [0.1, 0.15) is 0 Å². The van der Waals surface area contributed by atoms with Gasteiger partial charge in [-0.1, -0.05) is 30.3 Å². The predicted octanol–water partition coefficient (Wildman–Crippen LogP) is 1.37. The van der Waals surface area contributed by atoms with Crippen molar-refractivity contribution in [1.29, 1.82) is 0 Å². The lowest BCUT2D eigenvalue weighted by atomic mass is 10.2. The maximum Gasteiger partial charge on any atom is 0.261 e. The highest BCUT2D eigenvalue weighted by Gasteiger charge is 2.09. The van der Waals surface area contributed by atoms with Crippen LogP contribution in [0.25, 0.3) is 10.9 Å². The van der Waals surface area contributed by atoms with Crippen molar-refractivity contribution in [1.82, 2.24) is 14.5 Å². The topological polar surface area (TPSA) is 77.2 Å². The van der Waals surface area contributed by atoms with E-state index in [1.165, 1.54) is 10.9 Å². The Morgan fingerprint density at radius 1 is 1.22 bits per heavy atom. The highest BCUT2D eigenvalue weighted by atomic mass is 16.5. The average molecular weight is 311 g/mol. The third-order valence-electron chi connectivity index (χ3n) is 3.46. The Morgan fingerprint density at radius 3 is 2.87 bits per heavy atom. The van der Waals surface area contributed by atoms with E-state index in [2.05, 4.69) is 9.97 Å². The maximum atomic E-state index is 12.3. The first kappa shape index (κ1) is 15.3. The number of pyridine rings is 1. The number of aliphatic hydroxyl groups excluding tert-OH is 1. The van der Waals surface area contributed by atoms with Crippen LogP contribution in [-0.2, 0) is 17.9 Å². The van der Waals surface area contributed by atoms with E-state index in [0.717, 1.165) is 5.56 Å². The van der Waals surface area contributed by atoms with Crippen molar-refractivity contribution in [3.63, 3.8) is 0 Å². The molecule has 1 aromatic carbocycles. The molecule has 6 nitrogen and oxygen atoms in total. The summed E-state index contributed by atoms with van der Waals surface area (Å²) in [5, 5.41) is 10.5. The fourth-order valence-electron chi connectivity index (χ4n) is 2.31. The molecule has 0 amide bonds. The van der Waals surface area contributed by atoms with Gasteiger partial charge in [-0.25, -0.2) is 4.98 Å². The summed E-state index contributed by atoms with van der Waals surface area (Å²) in [6.07, 6.45) is 3.74. The summed E-state index contributed by atoms with van der Waals surface area (Å²) in [5.41, 5.74) is 1.39. The van der Waals surface area contributed by atoms with Crippen LogP contribution in [0.1, 0.15) is 5.56 Å². The van der Waals surface area contributed by atoms with Gasteiger partial charge in [-0.2, -0.15) is 0 Å². The number of aliphatic hydroxyl groups is 1. The van der Waals surface area contributed by atoms with Crippen LogP contribution in [-0.4, -0.2) is 32.4 Å². The summed E-state index contributed by atoms with van der Waals surface area (Å²) in [6, 6.07) is 11.3. The van der Waals surface area contributed by atoms with Crippen molar-refractivity contribution in [2.75, 3.05) is 6.61 Å². The molecule has 2 aromatic heterocycles. The summed E-state index contributed by atoms with van der Waals surface area (Å²) in [7, 11) is 0. The first-order valence-corrected chi connectivity index (χ1v) is 7.33. The molecule has 0 aliphatic rings. The van der Waals surface area contributed by atoms with Crippen LogP contribution in [0.15, 0.2) is 59.9 Å². The molecular weight excluding hydrogens is 294 g/mol. The molecule has 3 aromatic rings. The Kier molecular flexibility index (Phi) is 4.75. The van der Waals surface area contributed by atoms with Crippen LogP contribution in [0.3, 0.4) is 0 Å². The van der Waals surface area contributed by atoms with E-state index >= 15 is 0 Å². The van der Waals surface area contributed by atoms with Crippen molar-refractivity contribution >= 4 is 10.9 Å². The summed E-state index contributed by atoms with van der Waals surface area (Å²) >= 11 is 0. The van der Waals surface area contributed by atoms with Crippen LogP contribution >= 0.6 is 0 Å². The number of hydrogen-bond donors (Lipinski definition) is 1. The third kappa shape index (κ3) is 3.80. The van der Waals surface area contributed by atoms with Gasteiger partial charge in [0, 0.05) is 6.20 Å². The number of benzene rings is 1. The van der Waals surface area contributed by atoms with Gasteiger partial charge in [0.05, 0.1) is 49.3 Å². The quantitative estimate of drug-likeness (QED) is 0.744. The van der Waals surface area contributed by atoms with Gasteiger partial charge in [-0.3, -0.25) is 14.3 Å². The summed E-state index contributed by atoms with van der Waals surface area (Å²) < 4.78 is 6.87. The largest absolute Gasteiger partial charge is 0.389 e. The number of hydrogen-bond acceptors (Lipinski definition) is 5. The molecule has 0 spiro atoms. The molecule has 0 aliphatic carbocycles. The minimum atomic E-state index is -0.780. The highest BCUT2D eigenvalue weighted by molar-refractivity contribution is 5.75. The smallest absolute Gasteiger partial charge is 0.261 e. The maximum absolute atomic E-state index is 12.3. The molecule has 3 rings (SSSR count). The Morgan fingerprint density at radius 2 is 2.04 bits per heavy atom. The van der Waals surface area contributed by atoms with E-state index in [0.29, 0.717) is 17.5 Å². The Bertz CT molecular complexity index is 833. The minimum absolute atomic E-state index is 0.138. The fraction of sp³-hybridized carbons (Fsp3) is 0.235. The Labute approximate surface area is 133 Å². The van der Waals surface area contributed by atoms with Gasteiger partial charge >= 0.3 is 0 Å². The molecular formula is C17H17N3O3. The molecule has 6 heteroatoms. The Hall–Kier alpha value is -2.57.